The van der Waals surface area contributed by atoms with Crippen LogP contribution in [0.3, 0.4) is 0 Å². The zero-order valence-corrected chi connectivity index (χ0v) is 7.38. The van der Waals surface area contributed by atoms with Gasteiger partial charge in [0.15, 0.2) is 0 Å². The zero-order valence-electron chi connectivity index (χ0n) is 7.38. The highest BCUT2D eigenvalue weighted by Gasteiger charge is 2.27. The maximum Gasteiger partial charge on any atom is 0.225 e. The molecule has 1 fully saturated rings. The molecule has 0 radical (unpaired) electrons. The van der Waals surface area contributed by atoms with Crippen molar-refractivity contribution in [1.82, 2.24) is 5.32 Å². The van der Waals surface area contributed by atoms with E-state index in [2.05, 4.69) is 5.32 Å². The van der Waals surface area contributed by atoms with E-state index >= 15 is 0 Å². The highest BCUT2D eigenvalue weighted by molar-refractivity contribution is 5.79. The molecule has 1 aliphatic rings. The molecule has 0 bridgehead atoms. The quantitative estimate of drug-likeness (QED) is 0.602. The van der Waals surface area contributed by atoms with Crippen molar-refractivity contribution in [3.63, 3.8) is 0 Å². The van der Waals surface area contributed by atoms with Crippen LogP contribution in [0.1, 0.15) is 13.3 Å². The molecule has 1 rings (SSSR count). The second-order valence-corrected chi connectivity index (χ2v) is 3.16. The van der Waals surface area contributed by atoms with Gasteiger partial charge in [-0.2, -0.15) is 0 Å². The molecular formula is C8H16N2O2. The van der Waals surface area contributed by atoms with E-state index in [1.807, 2.05) is 6.92 Å². The summed E-state index contributed by atoms with van der Waals surface area (Å²) in [4.78, 5) is 11.3. The van der Waals surface area contributed by atoms with E-state index in [0.29, 0.717) is 19.7 Å². The highest BCUT2D eigenvalue weighted by Crippen LogP contribution is 2.18. The fourth-order valence-electron chi connectivity index (χ4n) is 1.34. The summed E-state index contributed by atoms with van der Waals surface area (Å²) in [5.41, 5.74) is 5.26. The van der Waals surface area contributed by atoms with Crippen LogP contribution >= 0.6 is 0 Å². The molecular weight excluding hydrogens is 156 g/mol. The molecule has 3 N–H and O–H groups in total. The van der Waals surface area contributed by atoms with Crippen LogP contribution in [-0.4, -0.2) is 31.7 Å². The first-order valence-corrected chi connectivity index (χ1v) is 4.33. The summed E-state index contributed by atoms with van der Waals surface area (Å²) in [5, 5.41) is 2.75. The summed E-state index contributed by atoms with van der Waals surface area (Å²) in [6, 6.07) is 0. The van der Waals surface area contributed by atoms with Crippen LogP contribution in [0.5, 0.6) is 0 Å². The van der Waals surface area contributed by atoms with Crippen LogP contribution in [0.15, 0.2) is 0 Å². The molecule has 1 aliphatic heterocycles. The number of amides is 1. The van der Waals surface area contributed by atoms with Gasteiger partial charge in [0.25, 0.3) is 0 Å². The molecule has 0 spiro atoms. The average Bonchev–Trinajstić information content (AvgIpc) is 2.47. The summed E-state index contributed by atoms with van der Waals surface area (Å²) < 4.78 is 5.27. The van der Waals surface area contributed by atoms with Crippen molar-refractivity contribution in [2.75, 3.05) is 19.7 Å². The van der Waals surface area contributed by atoms with Crippen molar-refractivity contribution in [1.29, 1.82) is 0 Å². The number of carbonyl (C=O) groups is 1. The van der Waals surface area contributed by atoms with Gasteiger partial charge in [0.05, 0.1) is 18.6 Å². The second kappa shape index (κ2) is 4.42. The molecule has 1 saturated heterocycles. The van der Waals surface area contributed by atoms with Crippen LogP contribution in [0.4, 0.5) is 0 Å². The highest BCUT2D eigenvalue weighted by atomic mass is 16.5. The van der Waals surface area contributed by atoms with Gasteiger partial charge < -0.3 is 15.8 Å². The van der Waals surface area contributed by atoms with Gasteiger partial charge in [0.2, 0.25) is 5.91 Å². The van der Waals surface area contributed by atoms with Gasteiger partial charge in [-0.15, -0.1) is 0 Å². The van der Waals surface area contributed by atoms with Crippen molar-refractivity contribution in [2.45, 2.75) is 19.4 Å². The SMILES string of the molecule is CC1CC(C(=O)NCCN)CO1. The van der Waals surface area contributed by atoms with Gasteiger partial charge in [-0.05, 0) is 13.3 Å². The number of nitrogens with one attached hydrogen (secondary N) is 1. The second-order valence-electron chi connectivity index (χ2n) is 3.16. The molecule has 1 amide bonds. The Morgan fingerprint density at radius 2 is 2.50 bits per heavy atom. The molecule has 4 heteroatoms. The standard InChI is InChI=1S/C8H16N2O2/c1-6-4-7(5-12-6)8(11)10-3-2-9/h6-7H,2-5,9H2,1H3,(H,10,11). The number of rotatable bonds is 3. The van der Waals surface area contributed by atoms with E-state index in [4.69, 9.17) is 10.5 Å². The summed E-state index contributed by atoms with van der Waals surface area (Å²) in [7, 11) is 0. The molecule has 70 valence electrons. The molecule has 0 aromatic heterocycles. The largest absolute Gasteiger partial charge is 0.378 e. The summed E-state index contributed by atoms with van der Waals surface area (Å²) >= 11 is 0. The van der Waals surface area contributed by atoms with Gasteiger partial charge in [-0.1, -0.05) is 0 Å². The fourth-order valence-corrected chi connectivity index (χ4v) is 1.34. The Morgan fingerprint density at radius 3 is 3.00 bits per heavy atom. The first-order chi connectivity index (χ1) is 5.74. The van der Waals surface area contributed by atoms with Crippen molar-refractivity contribution in [3.8, 4) is 0 Å². The van der Waals surface area contributed by atoms with Gasteiger partial charge >= 0.3 is 0 Å². The topological polar surface area (TPSA) is 64.4 Å². The first kappa shape index (κ1) is 9.48. The lowest BCUT2D eigenvalue weighted by molar-refractivity contribution is -0.124. The molecule has 12 heavy (non-hydrogen) atoms. The van der Waals surface area contributed by atoms with Gasteiger partial charge in [-0.25, -0.2) is 0 Å². The number of ether oxygens (including phenoxy) is 1. The fraction of sp³-hybridized carbons (Fsp3) is 0.875. The van der Waals surface area contributed by atoms with E-state index in [1.54, 1.807) is 0 Å². The minimum atomic E-state index is 0.0338. The zero-order chi connectivity index (χ0) is 8.97. The van der Waals surface area contributed by atoms with Crippen molar-refractivity contribution >= 4 is 5.91 Å². The maximum atomic E-state index is 11.3. The Hall–Kier alpha value is -0.610. The van der Waals surface area contributed by atoms with Crippen molar-refractivity contribution < 1.29 is 9.53 Å². The van der Waals surface area contributed by atoms with E-state index < -0.39 is 0 Å². The number of carbonyl (C=O) groups excluding carboxylic acids is 1. The number of nitrogens with two attached hydrogens (primary N) is 1. The average molecular weight is 172 g/mol. The minimum absolute atomic E-state index is 0.0338. The summed E-state index contributed by atoms with van der Waals surface area (Å²) in [5.74, 6) is 0.108. The molecule has 0 aromatic rings. The molecule has 0 saturated carbocycles. The minimum Gasteiger partial charge on any atom is -0.378 e. The van der Waals surface area contributed by atoms with E-state index in [-0.39, 0.29) is 17.9 Å². The normalized spacial score (nSPS) is 28.8. The first-order valence-electron chi connectivity index (χ1n) is 4.33. The Morgan fingerprint density at radius 1 is 1.75 bits per heavy atom. The lowest BCUT2D eigenvalue weighted by Crippen LogP contribution is -2.34. The Bertz CT molecular complexity index is 161. The van der Waals surface area contributed by atoms with Crippen molar-refractivity contribution in [3.05, 3.63) is 0 Å². The molecule has 0 aromatic carbocycles. The third-order valence-corrected chi connectivity index (χ3v) is 2.01. The third kappa shape index (κ3) is 2.46. The lowest BCUT2D eigenvalue weighted by atomic mass is 10.1. The molecule has 2 atom stereocenters. The van der Waals surface area contributed by atoms with Gasteiger partial charge in [0.1, 0.15) is 0 Å². The van der Waals surface area contributed by atoms with Crippen LogP contribution in [0, 0.1) is 5.92 Å². The number of hydrogen-bond donors (Lipinski definition) is 2. The van der Waals surface area contributed by atoms with Gasteiger partial charge in [-0.3, -0.25) is 4.79 Å². The van der Waals surface area contributed by atoms with Crippen LogP contribution in [-0.2, 0) is 9.53 Å². The predicted octanol–water partition coefficient (Wildman–Crippen LogP) is -0.514. The Labute approximate surface area is 72.5 Å². The summed E-state index contributed by atoms with van der Waals surface area (Å²) in [6.45, 7) is 3.59. The van der Waals surface area contributed by atoms with E-state index in [1.165, 1.54) is 0 Å². The molecule has 2 unspecified atom stereocenters. The molecule has 0 aliphatic carbocycles. The van der Waals surface area contributed by atoms with E-state index in [0.717, 1.165) is 6.42 Å². The maximum absolute atomic E-state index is 11.3. The molecule has 1 heterocycles. The van der Waals surface area contributed by atoms with Gasteiger partial charge in [0, 0.05) is 13.1 Å². The van der Waals surface area contributed by atoms with Crippen LogP contribution in [0.2, 0.25) is 0 Å². The van der Waals surface area contributed by atoms with E-state index in [9.17, 15) is 4.79 Å². The smallest absolute Gasteiger partial charge is 0.225 e. The Kier molecular flexibility index (Phi) is 3.49. The van der Waals surface area contributed by atoms with Crippen LogP contribution in [0.25, 0.3) is 0 Å². The summed E-state index contributed by atoms with van der Waals surface area (Å²) in [6.07, 6.45) is 1.05. The van der Waals surface area contributed by atoms with Crippen molar-refractivity contribution in [2.24, 2.45) is 11.7 Å². The molecule has 4 nitrogen and oxygen atoms in total. The van der Waals surface area contributed by atoms with Crippen LogP contribution < -0.4 is 11.1 Å². The third-order valence-electron chi connectivity index (χ3n) is 2.01. The monoisotopic (exact) mass is 172 g/mol. The Balaban J connectivity index is 2.23. The predicted molar refractivity (Wildman–Crippen MR) is 45.6 cm³/mol. The lowest BCUT2D eigenvalue weighted by Gasteiger charge is -2.07. The number of hydrogen-bond acceptors (Lipinski definition) is 3.